The molecule has 0 aromatic heterocycles. The second kappa shape index (κ2) is 5.32. The number of hydrogen-bond acceptors (Lipinski definition) is 3. The lowest BCUT2D eigenvalue weighted by molar-refractivity contribution is -0.146. The molecule has 2 unspecified atom stereocenters. The van der Waals surface area contributed by atoms with Gasteiger partial charge >= 0.3 is 5.97 Å². The summed E-state index contributed by atoms with van der Waals surface area (Å²) in [5.74, 6) is 0.0972. The fourth-order valence-electron chi connectivity index (χ4n) is 1.72. The smallest absolute Gasteiger partial charge is 0.330 e. The monoisotopic (exact) mass is 235 g/mol. The van der Waals surface area contributed by atoms with Gasteiger partial charge in [0.1, 0.15) is 5.54 Å². The number of ether oxygens (including phenoxy) is 1. The normalized spacial score (nSPS) is 16.1. The first-order valence-electron chi connectivity index (χ1n) is 5.91. The van der Waals surface area contributed by atoms with Gasteiger partial charge in [0.2, 0.25) is 0 Å². The molecular formula is C14H21NO2. The molecule has 94 valence electrons. The minimum absolute atomic E-state index is 0.422. The van der Waals surface area contributed by atoms with E-state index in [-0.39, 0.29) is 0 Å². The number of carbonyl (C=O) groups excluding carboxylic acids is 1. The summed E-state index contributed by atoms with van der Waals surface area (Å²) in [5.41, 5.74) is 6.93. The quantitative estimate of drug-likeness (QED) is 0.816. The van der Waals surface area contributed by atoms with Crippen LogP contribution >= 0.6 is 0 Å². The third kappa shape index (κ3) is 2.86. The molecule has 2 atom stereocenters. The standard InChI is InChI=1S/C14H21NO2/c1-5-10(2)11-6-8-12(9-7-11)14(3,15)13(16)17-4/h6-10H,5,15H2,1-4H3. The van der Waals surface area contributed by atoms with Crippen LogP contribution in [0.15, 0.2) is 24.3 Å². The summed E-state index contributed by atoms with van der Waals surface area (Å²) in [7, 11) is 1.35. The first-order valence-corrected chi connectivity index (χ1v) is 5.91. The largest absolute Gasteiger partial charge is 0.467 e. The summed E-state index contributed by atoms with van der Waals surface area (Å²) >= 11 is 0. The summed E-state index contributed by atoms with van der Waals surface area (Å²) in [5, 5.41) is 0. The molecule has 0 fully saturated rings. The Kier molecular flexibility index (Phi) is 4.29. The van der Waals surface area contributed by atoms with Crippen LogP contribution in [0.5, 0.6) is 0 Å². The van der Waals surface area contributed by atoms with Crippen molar-refractivity contribution in [1.82, 2.24) is 0 Å². The molecule has 0 aliphatic rings. The topological polar surface area (TPSA) is 52.3 Å². The van der Waals surface area contributed by atoms with E-state index in [9.17, 15) is 4.79 Å². The van der Waals surface area contributed by atoms with Crippen LogP contribution in [-0.4, -0.2) is 13.1 Å². The maximum Gasteiger partial charge on any atom is 0.330 e. The zero-order chi connectivity index (χ0) is 13.1. The first kappa shape index (κ1) is 13.7. The van der Waals surface area contributed by atoms with Crippen molar-refractivity contribution < 1.29 is 9.53 Å². The minimum Gasteiger partial charge on any atom is -0.467 e. The van der Waals surface area contributed by atoms with Crippen molar-refractivity contribution in [2.24, 2.45) is 5.73 Å². The molecule has 0 radical (unpaired) electrons. The number of carbonyl (C=O) groups is 1. The minimum atomic E-state index is -1.08. The molecule has 1 aromatic rings. The van der Waals surface area contributed by atoms with Crippen LogP contribution < -0.4 is 5.73 Å². The van der Waals surface area contributed by atoms with Gasteiger partial charge in [0.25, 0.3) is 0 Å². The Morgan fingerprint density at radius 3 is 2.35 bits per heavy atom. The number of hydrogen-bond donors (Lipinski definition) is 1. The molecule has 1 aromatic carbocycles. The van der Waals surface area contributed by atoms with Crippen molar-refractivity contribution in [3.05, 3.63) is 35.4 Å². The Balaban J connectivity index is 2.98. The number of esters is 1. The lowest BCUT2D eigenvalue weighted by Gasteiger charge is -2.22. The summed E-state index contributed by atoms with van der Waals surface area (Å²) in [6.07, 6.45) is 1.09. The van der Waals surface area contributed by atoms with Gasteiger partial charge in [-0.2, -0.15) is 0 Å². The number of rotatable bonds is 4. The van der Waals surface area contributed by atoms with Crippen molar-refractivity contribution in [2.45, 2.75) is 38.6 Å². The Morgan fingerprint density at radius 2 is 1.94 bits per heavy atom. The third-order valence-electron chi connectivity index (χ3n) is 3.30. The molecule has 2 N–H and O–H groups in total. The zero-order valence-corrected chi connectivity index (χ0v) is 11.0. The molecule has 0 bridgehead atoms. The van der Waals surface area contributed by atoms with E-state index in [0.717, 1.165) is 12.0 Å². The van der Waals surface area contributed by atoms with E-state index in [1.165, 1.54) is 12.7 Å². The summed E-state index contributed by atoms with van der Waals surface area (Å²) in [4.78, 5) is 11.6. The molecule has 3 nitrogen and oxygen atoms in total. The third-order valence-corrected chi connectivity index (χ3v) is 3.30. The van der Waals surface area contributed by atoms with Gasteiger partial charge in [-0.25, -0.2) is 4.79 Å². The Bertz CT molecular complexity index is 382. The van der Waals surface area contributed by atoms with Crippen LogP contribution in [0.2, 0.25) is 0 Å². The van der Waals surface area contributed by atoms with Crippen molar-refractivity contribution in [2.75, 3.05) is 7.11 Å². The Hall–Kier alpha value is -1.35. The second-order valence-corrected chi connectivity index (χ2v) is 4.63. The molecule has 0 saturated heterocycles. The lowest BCUT2D eigenvalue weighted by Crippen LogP contribution is -2.42. The average molecular weight is 235 g/mol. The number of methoxy groups -OCH3 is 1. The maximum absolute atomic E-state index is 11.6. The van der Waals surface area contributed by atoms with Crippen LogP contribution in [0.25, 0.3) is 0 Å². The summed E-state index contributed by atoms with van der Waals surface area (Å²) < 4.78 is 4.70. The highest BCUT2D eigenvalue weighted by molar-refractivity contribution is 5.81. The van der Waals surface area contributed by atoms with Crippen LogP contribution in [-0.2, 0) is 15.1 Å². The van der Waals surface area contributed by atoms with Gasteiger partial charge in [0, 0.05) is 0 Å². The molecule has 0 spiro atoms. The highest BCUT2D eigenvalue weighted by Crippen LogP contribution is 2.23. The average Bonchev–Trinajstić information content (AvgIpc) is 2.36. The van der Waals surface area contributed by atoms with Crippen LogP contribution in [0.1, 0.15) is 44.2 Å². The second-order valence-electron chi connectivity index (χ2n) is 4.63. The van der Waals surface area contributed by atoms with Gasteiger partial charge in [-0.05, 0) is 30.4 Å². The van der Waals surface area contributed by atoms with E-state index in [1.807, 2.05) is 24.3 Å². The number of nitrogens with two attached hydrogens (primary N) is 1. The molecule has 0 heterocycles. The van der Waals surface area contributed by atoms with Crippen molar-refractivity contribution >= 4 is 5.97 Å². The van der Waals surface area contributed by atoms with Gasteiger partial charge in [-0.1, -0.05) is 38.1 Å². The summed E-state index contributed by atoms with van der Waals surface area (Å²) in [6, 6.07) is 7.85. The summed E-state index contributed by atoms with van der Waals surface area (Å²) in [6.45, 7) is 5.99. The fraction of sp³-hybridized carbons (Fsp3) is 0.500. The molecule has 17 heavy (non-hydrogen) atoms. The molecule has 0 aliphatic carbocycles. The lowest BCUT2D eigenvalue weighted by atomic mass is 9.90. The molecular weight excluding hydrogens is 214 g/mol. The van der Waals surface area contributed by atoms with Gasteiger partial charge < -0.3 is 10.5 Å². The molecule has 0 aliphatic heterocycles. The van der Waals surface area contributed by atoms with E-state index in [1.54, 1.807) is 6.92 Å². The van der Waals surface area contributed by atoms with E-state index in [2.05, 4.69) is 13.8 Å². The fourth-order valence-corrected chi connectivity index (χ4v) is 1.72. The zero-order valence-electron chi connectivity index (χ0n) is 11.0. The molecule has 3 heteroatoms. The molecule has 0 saturated carbocycles. The van der Waals surface area contributed by atoms with E-state index in [4.69, 9.17) is 10.5 Å². The Morgan fingerprint density at radius 1 is 1.41 bits per heavy atom. The van der Waals surface area contributed by atoms with E-state index >= 15 is 0 Å². The highest BCUT2D eigenvalue weighted by atomic mass is 16.5. The first-order chi connectivity index (χ1) is 7.93. The van der Waals surface area contributed by atoms with Crippen molar-refractivity contribution in [1.29, 1.82) is 0 Å². The van der Waals surface area contributed by atoms with Gasteiger partial charge in [0.05, 0.1) is 7.11 Å². The van der Waals surface area contributed by atoms with Crippen LogP contribution in [0.4, 0.5) is 0 Å². The maximum atomic E-state index is 11.6. The van der Waals surface area contributed by atoms with Crippen LogP contribution in [0.3, 0.4) is 0 Å². The highest BCUT2D eigenvalue weighted by Gasteiger charge is 2.31. The van der Waals surface area contributed by atoms with Gasteiger partial charge in [0.15, 0.2) is 0 Å². The van der Waals surface area contributed by atoms with Gasteiger partial charge in [-0.15, -0.1) is 0 Å². The molecule has 1 rings (SSSR count). The molecule has 0 amide bonds. The van der Waals surface area contributed by atoms with Crippen LogP contribution in [0, 0.1) is 0 Å². The predicted octanol–water partition coefficient (Wildman–Crippen LogP) is 2.55. The Labute approximate surface area is 103 Å². The predicted molar refractivity (Wildman–Crippen MR) is 68.7 cm³/mol. The van der Waals surface area contributed by atoms with Crippen molar-refractivity contribution in [3.8, 4) is 0 Å². The van der Waals surface area contributed by atoms with E-state index in [0.29, 0.717) is 5.92 Å². The van der Waals surface area contributed by atoms with E-state index < -0.39 is 11.5 Å². The van der Waals surface area contributed by atoms with Crippen molar-refractivity contribution in [3.63, 3.8) is 0 Å². The van der Waals surface area contributed by atoms with Gasteiger partial charge in [-0.3, -0.25) is 0 Å². The SMILES string of the molecule is CCC(C)c1ccc(C(C)(N)C(=O)OC)cc1. The number of benzene rings is 1.